The minimum absolute atomic E-state index is 0.0555. The number of hydrogen-bond donors (Lipinski definition) is 1. The minimum atomic E-state index is -0.389. The van der Waals surface area contributed by atoms with E-state index in [-0.39, 0.29) is 17.1 Å². The molecule has 3 heterocycles. The maximum Gasteiger partial charge on any atom is 0.250 e. The summed E-state index contributed by atoms with van der Waals surface area (Å²) in [6.45, 7) is 10.6. The third kappa shape index (κ3) is 4.10. The summed E-state index contributed by atoms with van der Waals surface area (Å²) in [6.07, 6.45) is 8.37. The summed E-state index contributed by atoms with van der Waals surface area (Å²) in [5.74, 6) is -0.157. The molecule has 2 saturated heterocycles. The normalized spacial score (nSPS) is 21.4. The number of aryl methyl sites for hydroxylation is 1. The Morgan fingerprint density at radius 1 is 1.06 bits per heavy atom. The second-order valence-electron chi connectivity index (χ2n) is 11.0. The van der Waals surface area contributed by atoms with Crippen molar-refractivity contribution in [2.75, 3.05) is 31.1 Å². The van der Waals surface area contributed by atoms with Crippen molar-refractivity contribution in [2.45, 2.75) is 65.3 Å². The number of Topliss-reactive ketones (excluding diaryl/α,β-unsaturated/α-hetero) is 1. The molecule has 1 aliphatic carbocycles. The molecule has 0 atom stereocenters. The predicted octanol–water partition coefficient (Wildman–Crippen LogP) is 4.10. The highest BCUT2D eigenvalue weighted by Gasteiger charge is 2.35. The lowest BCUT2D eigenvalue weighted by atomic mass is 9.75. The number of amides is 1. The van der Waals surface area contributed by atoms with Crippen molar-refractivity contribution < 1.29 is 9.59 Å². The maximum atomic E-state index is 12.9. The summed E-state index contributed by atoms with van der Waals surface area (Å²) in [4.78, 5) is 30.1. The van der Waals surface area contributed by atoms with E-state index in [0.29, 0.717) is 18.0 Å². The van der Waals surface area contributed by atoms with Gasteiger partial charge in [-0.25, -0.2) is 0 Å². The number of primary amides is 1. The van der Waals surface area contributed by atoms with Crippen molar-refractivity contribution in [3.8, 4) is 5.69 Å². The number of rotatable bonds is 4. The number of ketones is 1. The van der Waals surface area contributed by atoms with Gasteiger partial charge in [0.15, 0.2) is 5.78 Å². The van der Waals surface area contributed by atoms with Crippen molar-refractivity contribution in [3.63, 3.8) is 0 Å². The Hall–Kier alpha value is -2.60. The van der Waals surface area contributed by atoms with Crippen LogP contribution in [-0.2, 0) is 6.42 Å². The van der Waals surface area contributed by atoms with Gasteiger partial charge in [0.25, 0.3) is 5.91 Å². The van der Waals surface area contributed by atoms with Crippen LogP contribution in [0, 0.1) is 12.3 Å². The van der Waals surface area contributed by atoms with Crippen LogP contribution in [0.4, 0.5) is 5.69 Å². The summed E-state index contributed by atoms with van der Waals surface area (Å²) in [5.41, 5.74) is 11.2. The molecule has 2 aliphatic heterocycles. The maximum absolute atomic E-state index is 12.9. The Morgan fingerprint density at radius 2 is 1.76 bits per heavy atom. The van der Waals surface area contributed by atoms with E-state index in [4.69, 9.17) is 5.73 Å². The molecule has 2 N–H and O–H groups in total. The molecule has 1 amide bonds. The second-order valence-corrected chi connectivity index (χ2v) is 11.0. The van der Waals surface area contributed by atoms with Gasteiger partial charge in [-0.1, -0.05) is 13.8 Å². The third-order valence-corrected chi connectivity index (χ3v) is 7.85. The molecule has 5 rings (SSSR count). The van der Waals surface area contributed by atoms with Crippen LogP contribution < -0.4 is 10.6 Å². The topological polar surface area (TPSA) is 71.6 Å². The van der Waals surface area contributed by atoms with Crippen LogP contribution >= 0.6 is 0 Å². The summed E-state index contributed by atoms with van der Waals surface area (Å²) in [6, 6.07) is 6.57. The lowest BCUT2D eigenvalue weighted by molar-refractivity contribution is 0.0909. The van der Waals surface area contributed by atoms with Crippen LogP contribution in [0.25, 0.3) is 5.69 Å². The average molecular weight is 449 g/mol. The monoisotopic (exact) mass is 448 g/mol. The number of fused-ring (bicyclic) bond motifs is 1. The number of nitrogens with zero attached hydrogens (tertiary/aromatic N) is 3. The van der Waals surface area contributed by atoms with Crippen molar-refractivity contribution in [2.24, 2.45) is 11.1 Å². The molecule has 2 fully saturated rings. The highest BCUT2D eigenvalue weighted by Crippen LogP contribution is 2.39. The SMILES string of the molecule is Cc1cn(-c2ccc(C(N)=O)c(N3CCC(N4CCCC4)CC3)c2)c2c1C(=O)CC(C)(C)C2. The van der Waals surface area contributed by atoms with Gasteiger partial charge in [0.05, 0.1) is 11.3 Å². The first-order valence-corrected chi connectivity index (χ1v) is 12.4. The van der Waals surface area contributed by atoms with Crippen LogP contribution in [0.2, 0.25) is 0 Å². The van der Waals surface area contributed by atoms with Gasteiger partial charge in [-0.05, 0) is 81.3 Å². The Balaban J connectivity index is 1.48. The van der Waals surface area contributed by atoms with Gasteiger partial charge in [-0.3, -0.25) is 9.59 Å². The number of likely N-dealkylation sites (tertiary alicyclic amines) is 1. The fourth-order valence-corrected chi connectivity index (χ4v) is 6.23. The molecule has 1 aromatic heterocycles. The first-order valence-electron chi connectivity index (χ1n) is 12.4. The van der Waals surface area contributed by atoms with E-state index in [0.717, 1.165) is 60.5 Å². The molecule has 0 unspecified atom stereocenters. The zero-order chi connectivity index (χ0) is 23.3. The fraction of sp³-hybridized carbons (Fsp3) is 0.556. The van der Waals surface area contributed by atoms with Crippen molar-refractivity contribution in [1.29, 1.82) is 0 Å². The lowest BCUT2D eigenvalue weighted by Crippen LogP contribution is -2.44. The fourth-order valence-electron chi connectivity index (χ4n) is 6.23. The molecule has 6 heteroatoms. The van der Waals surface area contributed by atoms with E-state index in [9.17, 15) is 9.59 Å². The van der Waals surface area contributed by atoms with Crippen LogP contribution in [0.3, 0.4) is 0 Å². The average Bonchev–Trinajstić information content (AvgIpc) is 3.41. The van der Waals surface area contributed by atoms with Crippen LogP contribution in [-0.4, -0.2) is 53.4 Å². The molecule has 0 bridgehead atoms. The Morgan fingerprint density at radius 3 is 2.42 bits per heavy atom. The first-order chi connectivity index (χ1) is 15.7. The van der Waals surface area contributed by atoms with E-state index in [1.165, 1.54) is 25.9 Å². The van der Waals surface area contributed by atoms with Gasteiger partial charge in [0, 0.05) is 48.7 Å². The Bertz CT molecular complexity index is 1090. The van der Waals surface area contributed by atoms with Gasteiger partial charge in [0.1, 0.15) is 0 Å². The van der Waals surface area contributed by atoms with E-state index < -0.39 is 0 Å². The van der Waals surface area contributed by atoms with E-state index in [1.807, 2.05) is 19.1 Å². The van der Waals surface area contributed by atoms with Crippen LogP contribution in [0.1, 0.15) is 77.9 Å². The zero-order valence-corrected chi connectivity index (χ0v) is 20.2. The number of hydrogen-bond acceptors (Lipinski definition) is 4. The van der Waals surface area contributed by atoms with E-state index in [1.54, 1.807) is 0 Å². The number of benzene rings is 1. The van der Waals surface area contributed by atoms with Crippen LogP contribution in [0.5, 0.6) is 0 Å². The number of anilines is 1. The molecule has 0 spiro atoms. The summed E-state index contributed by atoms with van der Waals surface area (Å²) >= 11 is 0. The number of carbonyl (C=O) groups excluding carboxylic acids is 2. The summed E-state index contributed by atoms with van der Waals surface area (Å²) in [7, 11) is 0. The standard InChI is InChI=1S/C27H36N4O2/c1-18-17-31(23-15-27(2,3)16-24(32)25(18)23)20-6-7-21(26(28)33)22(14-20)30-12-8-19(9-13-30)29-10-4-5-11-29/h6-7,14,17,19H,4-5,8-13,15-16H2,1-3H3,(H2,28,33). The molecule has 0 saturated carbocycles. The molecule has 176 valence electrons. The van der Waals surface area contributed by atoms with E-state index >= 15 is 0 Å². The Kier molecular flexibility index (Phi) is 5.60. The molecule has 1 aromatic carbocycles. The van der Waals surface area contributed by atoms with Gasteiger partial charge in [-0.15, -0.1) is 0 Å². The molecule has 33 heavy (non-hydrogen) atoms. The third-order valence-electron chi connectivity index (χ3n) is 7.85. The van der Waals surface area contributed by atoms with Crippen LogP contribution in [0.15, 0.2) is 24.4 Å². The van der Waals surface area contributed by atoms with Gasteiger partial charge in [0.2, 0.25) is 0 Å². The second kappa shape index (κ2) is 8.32. The molecule has 2 aromatic rings. The minimum Gasteiger partial charge on any atom is -0.371 e. The predicted molar refractivity (Wildman–Crippen MR) is 131 cm³/mol. The number of aromatic nitrogens is 1. The van der Waals surface area contributed by atoms with Gasteiger partial charge >= 0.3 is 0 Å². The van der Waals surface area contributed by atoms with Crippen molar-refractivity contribution >= 4 is 17.4 Å². The highest BCUT2D eigenvalue weighted by atomic mass is 16.1. The molecule has 0 radical (unpaired) electrons. The number of carbonyl (C=O) groups is 2. The molecule has 6 nitrogen and oxygen atoms in total. The Labute approximate surface area is 196 Å². The van der Waals surface area contributed by atoms with Crippen molar-refractivity contribution in [1.82, 2.24) is 9.47 Å². The number of piperidine rings is 1. The first kappa shape index (κ1) is 22.2. The summed E-state index contributed by atoms with van der Waals surface area (Å²) < 4.78 is 2.16. The van der Waals surface area contributed by atoms with E-state index in [2.05, 4.69) is 40.5 Å². The van der Waals surface area contributed by atoms with Gasteiger partial charge in [-0.2, -0.15) is 0 Å². The largest absolute Gasteiger partial charge is 0.371 e. The quantitative estimate of drug-likeness (QED) is 0.764. The smallest absolute Gasteiger partial charge is 0.250 e. The van der Waals surface area contributed by atoms with Crippen molar-refractivity contribution in [3.05, 3.63) is 46.8 Å². The zero-order valence-electron chi connectivity index (χ0n) is 20.2. The number of nitrogens with two attached hydrogens (primary N) is 1. The lowest BCUT2D eigenvalue weighted by Gasteiger charge is -2.38. The molecule has 3 aliphatic rings. The van der Waals surface area contributed by atoms with Gasteiger partial charge < -0.3 is 20.1 Å². The summed E-state index contributed by atoms with van der Waals surface area (Å²) in [5, 5.41) is 0. The molecular formula is C27H36N4O2. The highest BCUT2D eigenvalue weighted by molar-refractivity contribution is 6.01. The molecular weight excluding hydrogens is 412 g/mol.